The van der Waals surface area contributed by atoms with Crippen molar-refractivity contribution < 1.29 is 9.53 Å². The van der Waals surface area contributed by atoms with Crippen molar-refractivity contribution in [3.05, 3.63) is 100 Å². The molecule has 1 aromatic heterocycles. The second kappa shape index (κ2) is 10.6. The van der Waals surface area contributed by atoms with Crippen LogP contribution in [-0.4, -0.2) is 27.8 Å². The molecule has 1 heterocycles. The molecular formula is C27H28N4O2S. The zero-order chi connectivity index (χ0) is 24.1. The summed E-state index contributed by atoms with van der Waals surface area (Å²) in [5, 5.41) is 12.7. The highest BCUT2D eigenvalue weighted by molar-refractivity contribution is 7.98. The Kier molecular flexibility index (Phi) is 7.33. The van der Waals surface area contributed by atoms with Crippen molar-refractivity contribution in [1.82, 2.24) is 20.1 Å². The largest absolute Gasteiger partial charge is 0.497 e. The number of carbonyl (C=O) groups is 1. The zero-order valence-electron chi connectivity index (χ0n) is 19.8. The van der Waals surface area contributed by atoms with Crippen molar-refractivity contribution in [2.24, 2.45) is 0 Å². The van der Waals surface area contributed by atoms with Crippen molar-refractivity contribution in [3.8, 4) is 11.4 Å². The molecule has 0 spiro atoms. The van der Waals surface area contributed by atoms with Gasteiger partial charge in [0.2, 0.25) is 0 Å². The number of nitrogens with one attached hydrogen (secondary N) is 1. The van der Waals surface area contributed by atoms with E-state index in [0.29, 0.717) is 17.1 Å². The maximum Gasteiger partial charge on any atom is 0.251 e. The molecule has 1 amide bonds. The lowest BCUT2D eigenvalue weighted by Gasteiger charge is -2.15. The first kappa shape index (κ1) is 23.6. The van der Waals surface area contributed by atoms with Crippen LogP contribution in [0.4, 0.5) is 0 Å². The van der Waals surface area contributed by atoms with E-state index in [-0.39, 0.29) is 12.5 Å². The second-order valence-electron chi connectivity index (χ2n) is 8.14. The van der Waals surface area contributed by atoms with Gasteiger partial charge in [0.15, 0.2) is 11.0 Å². The molecule has 0 fully saturated rings. The first-order valence-corrected chi connectivity index (χ1v) is 12.1. The van der Waals surface area contributed by atoms with E-state index in [1.807, 2.05) is 6.07 Å². The van der Waals surface area contributed by atoms with Crippen LogP contribution in [0.5, 0.6) is 5.75 Å². The Morgan fingerprint density at radius 3 is 2.50 bits per heavy atom. The maximum absolute atomic E-state index is 12.7. The predicted molar refractivity (Wildman–Crippen MR) is 136 cm³/mol. The Morgan fingerprint density at radius 2 is 1.76 bits per heavy atom. The van der Waals surface area contributed by atoms with Gasteiger partial charge in [0.1, 0.15) is 5.75 Å². The number of aromatic nitrogens is 3. The SMILES string of the molecule is COc1ccc(C(=O)NCc2nnc(SCc3cccc(C)c3)n2-c2cccc(C)c2C)cc1. The number of hydrogen-bond donors (Lipinski definition) is 1. The second-order valence-corrected chi connectivity index (χ2v) is 9.08. The standard InChI is InChI=1S/C27H28N4O2S/c1-18-7-5-9-21(15-18)17-34-27-30-29-25(31(27)24-10-6-8-19(2)20(24)3)16-28-26(32)22-11-13-23(33-4)14-12-22/h5-15H,16-17H2,1-4H3,(H,28,32). The summed E-state index contributed by atoms with van der Waals surface area (Å²) < 4.78 is 7.22. The molecule has 6 nitrogen and oxygen atoms in total. The molecular weight excluding hydrogens is 444 g/mol. The van der Waals surface area contributed by atoms with Gasteiger partial charge in [-0.1, -0.05) is 53.7 Å². The van der Waals surface area contributed by atoms with Crippen LogP contribution in [0.25, 0.3) is 5.69 Å². The number of benzene rings is 3. The van der Waals surface area contributed by atoms with Gasteiger partial charge in [-0.05, 0) is 67.8 Å². The predicted octanol–water partition coefficient (Wildman–Crippen LogP) is 5.42. The fraction of sp³-hybridized carbons (Fsp3) is 0.222. The van der Waals surface area contributed by atoms with Gasteiger partial charge >= 0.3 is 0 Å². The van der Waals surface area contributed by atoms with Crippen molar-refractivity contribution >= 4 is 17.7 Å². The summed E-state index contributed by atoms with van der Waals surface area (Å²) in [6.45, 7) is 6.54. The molecule has 4 rings (SSSR count). The van der Waals surface area contributed by atoms with E-state index in [2.05, 4.69) is 77.3 Å². The van der Waals surface area contributed by atoms with Crippen molar-refractivity contribution in [2.75, 3.05) is 7.11 Å². The number of ether oxygens (including phenoxy) is 1. The highest BCUT2D eigenvalue weighted by atomic mass is 32.2. The third-order valence-corrected chi connectivity index (χ3v) is 6.73. The van der Waals surface area contributed by atoms with E-state index in [4.69, 9.17) is 4.74 Å². The van der Waals surface area contributed by atoms with E-state index < -0.39 is 0 Å². The number of aryl methyl sites for hydroxylation is 2. The lowest BCUT2D eigenvalue weighted by atomic mass is 10.1. The average molecular weight is 473 g/mol. The molecule has 0 aliphatic rings. The minimum atomic E-state index is -0.174. The third kappa shape index (κ3) is 5.31. The summed E-state index contributed by atoms with van der Waals surface area (Å²) in [5.41, 5.74) is 6.39. The number of methoxy groups -OCH3 is 1. The molecule has 1 N–H and O–H groups in total. The molecule has 0 unspecified atom stereocenters. The number of hydrogen-bond acceptors (Lipinski definition) is 5. The van der Waals surface area contributed by atoms with E-state index in [1.165, 1.54) is 16.7 Å². The van der Waals surface area contributed by atoms with Gasteiger partial charge in [-0.15, -0.1) is 10.2 Å². The smallest absolute Gasteiger partial charge is 0.251 e. The highest BCUT2D eigenvalue weighted by Crippen LogP contribution is 2.28. The Labute approximate surface area is 204 Å². The topological polar surface area (TPSA) is 69.0 Å². The maximum atomic E-state index is 12.7. The number of rotatable bonds is 8. The van der Waals surface area contributed by atoms with Gasteiger partial charge in [0.05, 0.1) is 19.3 Å². The lowest BCUT2D eigenvalue weighted by molar-refractivity contribution is 0.0949. The lowest BCUT2D eigenvalue weighted by Crippen LogP contribution is -2.24. The minimum Gasteiger partial charge on any atom is -0.497 e. The Balaban J connectivity index is 1.59. The van der Waals surface area contributed by atoms with Crippen LogP contribution in [0.2, 0.25) is 0 Å². The summed E-state index contributed by atoms with van der Waals surface area (Å²) >= 11 is 1.64. The molecule has 0 aliphatic carbocycles. The first-order chi connectivity index (χ1) is 16.5. The van der Waals surface area contributed by atoms with Gasteiger partial charge in [-0.3, -0.25) is 9.36 Å². The number of thioether (sulfide) groups is 1. The van der Waals surface area contributed by atoms with Crippen molar-refractivity contribution in [1.29, 1.82) is 0 Å². The summed E-state index contributed by atoms with van der Waals surface area (Å²) in [5.74, 6) is 2.00. The summed E-state index contributed by atoms with van der Waals surface area (Å²) in [7, 11) is 1.60. The fourth-order valence-corrected chi connectivity index (χ4v) is 4.59. The minimum absolute atomic E-state index is 0.174. The van der Waals surface area contributed by atoms with Gasteiger partial charge in [0.25, 0.3) is 5.91 Å². The van der Waals surface area contributed by atoms with Gasteiger partial charge in [-0.2, -0.15) is 0 Å². The number of carbonyl (C=O) groups excluding carboxylic acids is 1. The molecule has 0 radical (unpaired) electrons. The molecule has 174 valence electrons. The van der Waals surface area contributed by atoms with E-state index in [9.17, 15) is 4.79 Å². The van der Waals surface area contributed by atoms with Gasteiger partial charge < -0.3 is 10.1 Å². The van der Waals surface area contributed by atoms with Crippen LogP contribution in [0, 0.1) is 20.8 Å². The molecule has 0 saturated carbocycles. The molecule has 0 bridgehead atoms. The van der Waals surface area contributed by atoms with Crippen LogP contribution in [0.3, 0.4) is 0 Å². The Morgan fingerprint density at radius 1 is 1.00 bits per heavy atom. The van der Waals surface area contributed by atoms with Crippen molar-refractivity contribution in [2.45, 2.75) is 38.2 Å². The van der Waals surface area contributed by atoms with Crippen LogP contribution in [-0.2, 0) is 12.3 Å². The molecule has 0 saturated heterocycles. The number of nitrogens with zero attached hydrogens (tertiary/aromatic N) is 3. The third-order valence-electron chi connectivity index (χ3n) is 5.73. The first-order valence-electron chi connectivity index (χ1n) is 11.1. The highest BCUT2D eigenvalue weighted by Gasteiger charge is 2.18. The number of amides is 1. The average Bonchev–Trinajstić information content (AvgIpc) is 3.25. The molecule has 0 atom stereocenters. The summed E-state index contributed by atoms with van der Waals surface area (Å²) in [6.07, 6.45) is 0. The van der Waals surface area contributed by atoms with Crippen LogP contribution in [0.1, 0.15) is 38.4 Å². The Hall–Kier alpha value is -3.58. The van der Waals surface area contributed by atoms with Gasteiger partial charge in [-0.25, -0.2) is 0 Å². The normalized spacial score (nSPS) is 10.8. The molecule has 0 aliphatic heterocycles. The van der Waals surface area contributed by atoms with Crippen LogP contribution >= 0.6 is 11.8 Å². The summed E-state index contributed by atoms with van der Waals surface area (Å²) in [6, 6.07) is 21.7. The van der Waals surface area contributed by atoms with E-state index in [1.54, 1.807) is 43.1 Å². The van der Waals surface area contributed by atoms with Crippen molar-refractivity contribution in [3.63, 3.8) is 0 Å². The van der Waals surface area contributed by atoms with E-state index in [0.717, 1.165) is 22.2 Å². The molecule has 34 heavy (non-hydrogen) atoms. The fourth-order valence-electron chi connectivity index (χ4n) is 3.68. The van der Waals surface area contributed by atoms with Crippen LogP contribution in [0.15, 0.2) is 71.9 Å². The molecule has 4 aromatic rings. The van der Waals surface area contributed by atoms with Gasteiger partial charge in [0, 0.05) is 11.3 Å². The van der Waals surface area contributed by atoms with Crippen LogP contribution < -0.4 is 10.1 Å². The Bertz CT molecular complexity index is 1300. The molecule has 7 heteroatoms. The monoisotopic (exact) mass is 472 g/mol. The molecule has 3 aromatic carbocycles. The zero-order valence-corrected chi connectivity index (χ0v) is 20.6. The summed E-state index contributed by atoms with van der Waals surface area (Å²) in [4.78, 5) is 12.7. The quantitative estimate of drug-likeness (QED) is 0.347. The van der Waals surface area contributed by atoms with E-state index >= 15 is 0 Å².